The van der Waals surface area contributed by atoms with E-state index in [0.29, 0.717) is 67.7 Å². The number of halogens is 2. The third kappa shape index (κ3) is 6.91. The van der Waals surface area contributed by atoms with Crippen molar-refractivity contribution in [2.24, 2.45) is 5.92 Å². The summed E-state index contributed by atoms with van der Waals surface area (Å²) in [5.41, 5.74) is 4.17. The number of hydrogen-bond donors (Lipinski definition) is 0. The van der Waals surface area contributed by atoms with Gasteiger partial charge >= 0.3 is 11.8 Å². The van der Waals surface area contributed by atoms with Gasteiger partial charge in [0.05, 0.1) is 10.0 Å². The van der Waals surface area contributed by atoms with Gasteiger partial charge in [-0.2, -0.15) is 0 Å². The van der Waals surface area contributed by atoms with Crippen LogP contribution in [0.5, 0.6) is 0 Å². The highest BCUT2D eigenvalue weighted by molar-refractivity contribution is 7.99. The monoisotopic (exact) mass is 609 g/mol. The first-order valence-electron chi connectivity index (χ1n) is 13.9. The summed E-state index contributed by atoms with van der Waals surface area (Å²) in [5.74, 6) is -1.15. The quantitative estimate of drug-likeness (QED) is 0.243. The van der Waals surface area contributed by atoms with E-state index < -0.39 is 11.8 Å². The van der Waals surface area contributed by atoms with Crippen molar-refractivity contribution in [3.05, 3.63) is 87.4 Å². The molecule has 5 rings (SSSR count). The van der Waals surface area contributed by atoms with Crippen LogP contribution in [-0.4, -0.2) is 66.7 Å². The van der Waals surface area contributed by atoms with Gasteiger partial charge in [-0.15, -0.1) is 0 Å². The minimum absolute atomic E-state index is 0.00463. The summed E-state index contributed by atoms with van der Waals surface area (Å²) in [5, 5.41) is 0.754. The summed E-state index contributed by atoms with van der Waals surface area (Å²) < 4.78 is 0. The second-order valence-corrected chi connectivity index (χ2v) is 12.6. The van der Waals surface area contributed by atoms with E-state index in [1.54, 1.807) is 39.8 Å². The standard InChI is InChI=1S/C32H33Cl2N3O3S/c1-21-3-10-29(22(2)19-21)41-26-7-5-25(6-8-26)35-15-17-37(18-16-35)32(40)31(39)36-13-11-23(12-14-36)30(38)24-4-9-27(33)28(34)20-24/h3-10,19-20,23H,11-18H2,1-2H3. The Morgan fingerprint density at radius 1 is 0.732 bits per heavy atom. The average Bonchev–Trinajstić information content (AvgIpc) is 2.99. The molecule has 41 heavy (non-hydrogen) atoms. The van der Waals surface area contributed by atoms with E-state index in [1.807, 2.05) is 0 Å². The predicted octanol–water partition coefficient (Wildman–Crippen LogP) is 6.53. The number of piperazine rings is 1. The summed E-state index contributed by atoms with van der Waals surface area (Å²) in [6, 6.07) is 19.9. The molecule has 0 bridgehead atoms. The molecule has 2 saturated heterocycles. The van der Waals surface area contributed by atoms with E-state index in [9.17, 15) is 14.4 Å². The number of benzene rings is 3. The number of aryl methyl sites for hydroxylation is 2. The topological polar surface area (TPSA) is 60.9 Å². The first kappa shape index (κ1) is 29.5. The third-order valence-electron chi connectivity index (χ3n) is 7.87. The molecule has 214 valence electrons. The fraction of sp³-hybridized carbons (Fsp3) is 0.344. The number of Topliss-reactive ketones (excluding diaryl/α,β-unsaturated/α-hetero) is 1. The maximum atomic E-state index is 13.0. The highest BCUT2D eigenvalue weighted by Crippen LogP contribution is 2.32. The number of anilines is 1. The van der Waals surface area contributed by atoms with Crippen LogP contribution < -0.4 is 4.90 Å². The Balaban J connectivity index is 1.09. The molecule has 9 heteroatoms. The van der Waals surface area contributed by atoms with Crippen LogP contribution in [0.1, 0.15) is 34.3 Å². The molecule has 0 aromatic heterocycles. The maximum absolute atomic E-state index is 13.0. The number of amides is 2. The van der Waals surface area contributed by atoms with Crippen LogP contribution in [0.15, 0.2) is 70.5 Å². The molecular weight excluding hydrogens is 577 g/mol. The fourth-order valence-corrected chi connectivity index (χ4v) is 6.61. The zero-order valence-electron chi connectivity index (χ0n) is 23.2. The van der Waals surface area contributed by atoms with Gasteiger partial charge in [0, 0.05) is 66.2 Å². The van der Waals surface area contributed by atoms with Crippen LogP contribution >= 0.6 is 35.0 Å². The molecule has 0 aliphatic carbocycles. The van der Waals surface area contributed by atoms with Crippen LogP contribution in [-0.2, 0) is 9.59 Å². The normalized spacial score (nSPS) is 16.1. The van der Waals surface area contributed by atoms with E-state index in [-0.39, 0.29) is 11.7 Å². The van der Waals surface area contributed by atoms with E-state index in [0.717, 1.165) is 5.69 Å². The Morgan fingerprint density at radius 2 is 1.37 bits per heavy atom. The zero-order valence-corrected chi connectivity index (χ0v) is 25.6. The van der Waals surface area contributed by atoms with Gasteiger partial charge in [0.15, 0.2) is 5.78 Å². The van der Waals surface area contributed by atoms with Gasteiger partial charge in [-0.25, -0.2) is 0 Å². The SMILES string of the molecule is Cc1ccc(Sc2ccc(N3CCN(C(=O)C(=O)N4CCC(C(=O)c5ccc(Cl)c(Cl)c5)CC4)CC3)cc2)c(C)c1. The minimum Gasteiger partial charge on any atom is -0.368 e. The van der Waals surface area contributed by atoms with Crippen LogP contribution in [0.3, 0.4) is 0 Å². The molecule has 0 radical (unpaired) electrons. The maximum Gasteiger partial charge on any atom is 0.312 e. The van der Waals surface area contributed by atoms with Gasteiger partial charge in [-0.3, -0.25) is 14.4 Å². The lowest BCUT2D eigenvalue weighted by molar-refractivity contribution is -0.152. The molecule has 2 amide bonds. The minimum atomic E-state index is -0.480. The third-order valence-corrected chi connectivity index (χ3v) is 9.79. The molecule has 3 aromatic carbocycles. The number of nitrogens with zero attached hydrogens (tertiary/aromatic N) is 3. The predicted molar refractivity (Wildman–Crippen MR) is 165 cm³/mol. The molecule has 0 unspecified atom stereocenters. The number of carbonyl (C=O) groups is 3. The van der Waals surface area contributed by atoms with Gasteiger partial charge in [0.1, 0.15) is 0 Å². The summed E-state index contributed by atoms with van der Waals surface area (Å²) in [6.07, 6.45) is 1.03. The molecule has 0 saturated carbocycles. The van der Waals surface area contributed by atoms with Crippen molar-refractivity contribution in [1.29, 1.82) is 0 Å². The Labute approximate surface area is 255 Å². The first-order valence-corrected chi connectivity index (χ1v) is 15.4. The van der Waals surface area contributed by atoms with Gasteiger partial charge in [-0.05, 0) is 80.8 Å². The highest BCUT2D eigenvalue weighted by atomic mass is 35.5. The van der Waals surface area contributed by atoms with Gasteiger partial charge < -0.3 is 14.7 Å². The van der Waals surface area contributed by atoms with Crippen molar-refractivity contribution in [1.82, 2.24) is 9.80 Å². The molecule has 0 N–H and O–H groups in total. The number of carbonyl (C=O) groups excluding carboxylic acids is 3. The van der Waals surface area contributed by atoms with Crippen molar-refractivity contribution in [2.75, 3.05) is 44.2 Å². The summed E-state index contributed by atoms with van der Waals surface area (Å²) in [7, 11) is 0. The molecule has 0 atom stereocenters. The fourth-order valence-electron chi connectivity index (χ4n) is 5.43. The second-order valence-electron chi connectivity index (χ2n) is 10.7. The average molecular weight is 611 g/mol. The van der Waals surface area contributed by atoms with Crippen molar-refractivity contribution in [3.8, 4) is 0 Å². The van der Waals surface area contributed by atoms with Crippen LogP contribution in [0.2, 0.25) is 10.0 Å². The van der Waals surface area contributed by atoms with Crippen molar-refractivity contribution in [3.63, 3.8) is 0 Å². The highest BCUT2D eigenvalue weighted by Gasteiger charge is 2.33. The number of piperidine rings is 1. The Bertz CT molecular complexity index is 1450. The van der Waals surface area contributed by atoms with E-state index >= 15 is 0 Å². The molecule has 2 aliphatic heterocycles. The van der Waals surface area contributed by atoms with E-state index in [1.165, 1.54) is 20.9 Å². The molecule has 2 heterocycles. The molecule has 0 spiro atoms. The number of ketones is 1. The Kier molecular flexibility index (Phi) is 9.27. The molecule has 2 aliphatic rings. The van der Waals surface area contributed by atoms with Crippen molar-refractivity contribution in [2.45, 2.75) is 36.5 Å². The molecule has 3 aromatic rings. The largest absolute Gasteiger partial charge is 0.368 e. The summed E-state index contributed by atoms with van der Waals surface area (Å²) in [4.78, 5) is 46.9. The lowest BCUT2D eigenvalue weighted by Gasteiger charge is -2.37. The summed E-state index contributed by atoms with van der Waals surface area (Å²) >= 11 is 13.8. The van der Waals surface area contributed by atoms with Gasteiger partial charge in [-0.1, -0.05) is 52.7 Å². The lowest BCUT2D eigenvalue weighted by atomic mass is 9.89. The van der Waals surface area contributed by atoms with Crippen LogP contribution in [0.4, 0.5) is 5.69 Å². The molecule has 2 fully saturated rings. The van der Waals surface area contributed by atoms with Gasteiger partial charge in [0.2, 0.25) is 0 Å². The smallest absolute Gasteiger partial charge is 0.312 e. The van der Waals surface area contributed by atoms with Crippen molar-refractivity contribution >= 4 is 58.2 Å². The van der Waals surface area contributed by atoms with Crippen LogP contribution in [0, 0.1) is 19.8 Å². The number of likely N-dealkylation sites (tertiary alicyclic amines) is 1. The number of hydrogen-bond acceptors (Lipinski definition) is 5. The molecule has 6 nitrogen and oxygen atoms in total. The number of rotatable bonds is 5. The lowest BCUT2D eigenvalue weighted by Crippen LogP contribution is -2.54. The van der Waals surface area contributed by atoms with Crippen molar-refractivity contribution < 1.29 is 14.4 Å². The Hall–Kier alpha value is -3.00. The Morgan fingerprint density at radius 3 is 1.98 bits per heavy atom. The van der Waals surface area contributed by atoms with Gasteiger partial charge in [0.25, 0.3) is 0 Å². The van der Waals surface area contributed by atoms with E-state index in [2.05, 4.69) is 61.2 Å². The zero-order chi connectivity index (χ0) is 29.1. The second kappa shape index (κ2) is 12.9. The summed E-state index contributed by atoms with van der Waals surface area (Å²) in [6.45, 7) is 7.34. The van der Waals surface area contributed by atoms with Crippen LogP contribution in [0.25, 0.3) is 0 Å². The molecular formula is C32H33Cl2N3O3S. The van der Waals surface area contributed by atoms with E-state index in [4.69, 9.17) is 23.2 Å². The first-order chi connectivity index (χ1) is 19.7.